The molecule has 0 radical (unpaired) electrons. The Balaban J connectivity index is 1.76. The van der Waals surface area contributed by atoms with Gasteiger partial charge in [-0.3, -0.25) is 4.72 Å². The van der Waals surface area contributed by atoms with Crippen LogP contribution in [0.4, 0.5) is 15.8 Å². The average molecular weight is 399 g/mol. The Bertz CT molecular complexity index is 1130. The van der Waals surface area contributed by atoms with Gasteiger partial charge in [0.1, 0.15) is 5.82 Å². The predicted molar refractivity (Wildman–Crippen MR) is 111 cm³/mol. The normalized spacial score (nSPS) is 15.0. The summed E-state index contributed by atoms with van der Waals surface area (Å²) in [4.78, 5) is 2.25. The molecule has 3 aromatic carbocycles. The molecular formula is C21H22FN3O2S. The van der Waals surface area contributed by atoms with Crippen molar-refractivity contribution in [2.24, 2.45) is 0 Å². The van der Waals surface area contributed by atoms with Crippen molar-refractivity contribution in [2.75, 3.05) is 35.8 Å². The molecule has 1 aliphatic heterocycles. The Labute approximate surface area is 164 Å². The van der Waals surface area contributed by atoms with Crippen molar-refractivity contribution >= 4 is 32.2 Å². The zero-order valence-electron chi connectivity index (χ0n) is 15.6. The third kappa shape index (κ3) is 3.55. The summed E-state index contributed by atoms with van der Waals surface area (Å²) in [5, 5.41) is 5.14. The van der Waals surface area contributed by atoms with E-state index < -0.39 is 15.8 Å². The number of nitrogens with zero attached hydrogens (tertiary/aromatic N) is 1. The van der Waals surface area contributed by atoms with Crippen LogP contribution in [-0.2, 0) is 10.0 Å². The number of sulfonamides is 1. The summed E-state index contributed by atoms with van der Waals surface area (Å²) in [6.07, 6.45) is 0. The molecule has 1 fully saturated rings. The van der Waals surface area contributed by atoms with Crippen molar-refractivity contribution in [3.63, 3.8) is 0 Å². The lowest BCUT2D eigenvalue weighted by Crippen LogP contribution is -2.43. The molecule has 7 heteroatoms. The summed E-state index contributed by atoms with van der Waals surface area (Å²) in [6.45, 7) is 5.29. The van der Waals surface area contributed by atoms with Crippen LogP contribution in [0.5, 0.6) is 0 Å². The summed E-state index contributed by atoms with van der Waals surface area (Å²) >= 11 is 0. The van der Waals surface area contributed by atoms with Gasteiger partial charge in [0.25, 0.3) is 10.0 Å². The number of hydrogen-bond acceptors (Lipinski definition) is 4. The van der Waals surface area contributed by atoms with Crippen LogP contribution in [0.15, 0.2) is 59.5 Å². The minimum absolute atomic E-state index is 0.0530. The molecule has 1 heterocycles. The highest BCUT2D eigenvalue weighted by Crippen LogP contribution is 2.34. The fraction of sp³-hybridized carbons (Fsp3) is 0.238. The van der Waals surface area contributed by atoms with Crippen molar-refractivity contribution < 1.29 is 12.8 Å². The lowest BCUT2D eigenvalue weighted by molar-refractivity contribution is 0.590. The molecule has 0 atom stereocenters. The van der Waals surface area contributed by atoms with Crippen molar-refractivity contribution in [3.05, 3.63) is 66.0 Å². The van der Waals surface area contributed by atoms with E-state index in [9.17, 15) is 12.8 Å². The van der Waals surface area contributed by atoms with Crippen LogP contribution < -0.4 is 14.9 Å². The highest BCUT2D eigenvalue weighted by molar-refractivity contribution is 7.92. The van der Waals surface area contributed by atoms with E-state index in [0.29, 0.717) is 11.3 Å². The Kier molecular flexibility index (Phi) is 4.95. The number of nitrogens with one attached hydrogen (secondary N) is 2. The zero-order valence-corrected chi connectivity index (χ0v) is 16.4. The summed E-state index contributed by atoms with van der Waals surface area (Å²) in [5.41, 5.74) is 2.07. The first-order valence-electron chi connectivity index (χ1n) is 9.22. The van der Waals surface area contributed by atoms with Crippen LogP contribution in [-0.4, -0.2) is 34.6 Å². The first-order valence-corrected chi connectivity index (χ1v) is 10.7. The fourth-order valence-electron chi connectivity index (χ4n) is 3.62. The first kappa shape index (κ1) is 18.7. The van der Waals surface area contributed by atoms with E-state index in [0.717, 1.165) is 48.7 Å². The van der Waals surface area contributed by atoms with E-state index in [1.807, 2.05) is 30.3 Å². The number of fused-ring (bicyclic) bond motifs is 1. The molecule has 0 bridgehead atoms. The maximum absolute atomic E-state index is 13.6. The van der Waals surface area contributed by atoms with Crippen molar-refractivity contribution in [2.45, 2.75) is 11.8 Å². The third-order valence-corrected chi connectivity index (χ3v) is 6.55. The SMILES string of the molecule is Cc1ccc(F)cc1S(=O)(=O)Nc1ccc(N2CCNCC2)c2ccccc12. The Morgan fingerprint density at radius 3 is 2.46 bits per heavy atom. The van der Waals surface area contributed by atoms with E-state index in [-0.39, 0.29) is 4.90 Å². The van der Waals surface area contributed by atoms with E-state index in [2.05, 4.69) is 14.9 Å². The standard InChI is InChI=1S/C21H22FN3O2S/c1-15-6-7-16(22)14-21(15)28(26,27)24-19-8-9-20(25-12-10-23-11-13-25)18-5-3-2-4-17(18)19/h2-9,14,23-24H,10-13H2,1H3. The third-order valence-electron chi connectivity index (χ3n) is 5.04. The lowest BCUT2D eigenvalue weighted by Gasteiger charge is -2.30. The molecule has 146 valence electrons. The van der Waals surface area contributed by atoms with Crippen molar-refractivity contribution in [1.82, 2.24) is 5.32 Å². The van der Waals surface area contributed by atoms with Crippen LogP contribution in [0.3, 0.4) is 0 Å². The van der Waals surface area contributed by atoms with Gasteiger partial charge in [0.15, 0.2) is 0 Å². The number of piperazine rings is 1. The molecule has 4 rings (SSSR count). The second-order valence-corrected chi connectivity index (χ2v) is 8.58. The number of benzene rings is 3. The van der Waals surface area contributed by atoms with Crippen LogP contribution in [0.1, 0.15) is 5.56 Å². The van der Waals surface area contributed by atoms with E-state index in [1.165, 1.54) is 12.1 Å². The van der Waals surface area contributed by atoms with Crippen LogP contribution in [0.25, 0.3) is 10.8 Å². The topological polar surface area (TPSA) is 61.4 Å². The van der Waals surface area contributed by atoms with E-state index in [1.54, 1.807) is 13.0 Å². The molecule has 1 saturated heterocycles. The number of hydrogen-bond donors (Lipinski definition) is 2. The average Bonchev–Trinajstić information content (AvgIpc) is 2.70. The molecule has 0 unspecified atom stereocenters. The van der Waals surface area contributed by atoms with Crippen molar-refractivity contribution in [1.29, 1.82) is 0 Å². The van der Waals surface area contributed by atoms with Gasteiger partial charge in [0, 0.05) is 42.6 Å². The predicted octanol–water partition coefficient (Wildman–Crippen LogP) is 3.50. The summed E-state index contributed by atoms with van der Waals surface area (Å²) in [5.74, 6) is -0.579. The van der Waals surface area contributed by atoms with Gasteiger partial charge in [-0.1, -0.05) is 30.3 Å². The van der Waals surface area contributed by atoms with Gasteiger partial charge < -0.3 is 10.2 Å². The van der Waals surface area contributed by atoms with Gasteiger partial charge in [-0.2, -0.15) is 0 Å². The number of rotatable bonds is 4. The molecule has 0 aliphatic carbocycles. The van der Waals surface area contributed by atoms with Gasteiger partial charge in [-0.25, -0.2) is 12.8 Å². The van der Waals surface area contributed by atoms with Gasteiger partial charge in [0.2, 0.25) is 0 Å². The van der Waals surface area contributed by atoms with Gasteiger partial charge in [-0.05, 0) is 36.8 Å². The number of halogens is 1. The lowest BCUT2D eigenvalue weighted by atomic mass is 10.1. The second-order valence-electron chi connectivity index (χ2n) is 6.93. The summed E-state index contributed by atoms with van der Waals surface area (Å²) in [6, 6.07) is 15.2. The molecular weight excluding hydrogens is 377 g/mol. The number of anilines is 2. The molecule has 3 aromatic rings. The molecule has 5 nitrogen and oxygen atoms in total. The summed E-state index contributed by atoms with van der Waals surface area (Å²) < 4.78 is 42.1. The second kappa shape index (κ2) is 7.41. The summed E-state index contributed by atoms with van der Waals surface area (Å²) in [7, 11) is -3.91. The fourth-order valence-corrected chi connectivity index (χ4v) is 4.95. The Morgan fingerprint density at radius 2 is 1.71 bits per heavy atom. The van der Waals surface area contributed by atoms with Crippen LogP contribution in [0.2, 0.25) is 0 Å². The Morgan fingerprint density at radius 1 is 1.00 bits per heavy atom. The van der Waals surface area contributed by atoms with Crippen LogP contribution >= 0.6 is 0 Å². The largest absolute Gasteiger partial charge is 0.368 e. The Hall–Kier alpha value is -2.64. The van der Waals surface area contributed by atoms with Crippen molar-refractivity contribution in [3.8, 4) is 0 Å². The molecule has 0 saturated carbocycles. The van der Waals surface area contributed by atoms with Crippen LogP contribution in [0, 0.1) is 12.7 Å². The van der Waals surface area contributed by atoms with E-state index >= 15 is 0 Å². The van der Waals surface area contributed by atoms with Gasteiger partial charge in [0.05, 0.1) is 10.6 Å². The van der Waals surface area contributed by atoms with Gasteiger partial charge in [-0.15, -0.1) is 0 Å². The molecule has 1 aliphatic rings. The first-order chi connectivity index (χ1) is 13.5. The minimum atomic E-state index is -3.91. The number of aryl methyl sites for hydroxylation is 1. The smallest absolute Gasteiger partial charge is 0.262 e. The van der Waals surface area contributed by atoms with E-state index in [4.69, 9.17) is 0 Å². The molecule has 0 aromatic heterocycles. The molecule has 0 spiro atoms. The maximum atomic E-state index is 13.6. The highest BCUT2D eigenvalue weighted by atomic mass is 32.2. The minimum Gasteiger partial charge on any atom is -0.368 e. The van der Waals surface area contributed by atoms with Gasteiger partial charge >= 0.3 is 0 Å². The quantitative estimate of drug-likeness (QED) is 0.705. The highest BCUT2D eigenvalue weighted by Gasteiger charge is 2.20. The molecule has 2 N–H and O–H groups in total. The molecule has 0 amide bonds. The monoisotopic (exact) mass is 399 g/mol. The maximum Gasteiger partial charge on any atom is 0.262 e. The zero-order chi connectivity index (χ0) is 19.7. The molecule has 28 heavy (non-hydrogen) atoms.